The standard InChI is InChI=1S/C20H25N3O2/c1-17-4-2-3-5-19(17)25-16-20(24)23-14-12-22(13-15-23)11-8-18-6-9-21-10-7-18/h2-7,9-10H,8,11-16H2,1H3. The van der Waals surface area contributed by atoms with Crippen molar-refractivity contribution < 1.29 is 9.53 Å². The molecule has 0 bridgehead atoms. The van der Waals surface area contributed by atoms with Crippen LogP contribution in [0.25, 0.3) is 0 Å². The minimum Gasteiger partial charge on any atom is -0.484 e. The molecule has 1 aliphatic heterocycles. The van der Waals surface area contributed by atoms with E-state index in [0.29, 0.717) is 0 Å². The lowest BCUT2D eigenvalue weighted by Crippen LogP contribution is -2.50. The van der Waals surface area contributed by atoms with Crippen LogP contribution in [0.1, 0.15) is 11.1 Å². The fourth-order valence-electron chi connectivity index (χ4n) is 3.01. The van der Waals surface area contributed by atoms with Gasteiger partial charge in [-0.1, -0.05) is 18.2 Å². The van der Waals surface area contributed by atoms with E-state index in [1.165, 1.54) is 5.56 Å². The van der Waals surface area contributed by atoms with Crippen LogP contribution in [-0.4, -0.2) is 60.0 Å². The van der Waals surface area contributed by atoms with E-state index >= 15 is 0 Å². The van der Waals surface area contributed by atoms with Gasteiger partial charge in [-0.3, -0.25) is 14.7 Å². The minimum atomic E-state index is 0.0667. The molecular weight excluding hydrogens is 314 g/mol. The fraction of sp³-hybridized carbons (Fsp3) is 0.400. The second-order valence-electron chi connectivity index (χ2n) is 6.38. The number of para-hydroxylation sites is 1. The molecule has 1 aromatic carbocycles. The van der Waals surface area contributed by atoms with Crippen LogP contribution in [0.3, 0.4) is 0 Å². The normalized spacial score (nSPS) is 15.2. The number of pyridine rings is 1. The van der Waals surface area contributed by atoms with E-state index < -0.39 is 0 Å². The van der Waals surface area contributed by atoms with Crippen LogP contribution in [0.15, 0.2) is 48.8 Å². The molecule has 0 atom stereocenters. The Balaban J connectivity index is 1.39. The van der Waals surface area contributed by atoms with Crippen LogP contribution in [0.5, 0.6) is 5.75 Å². The Kier molecular flexibility index (Phi) is 6.01. The van der Waals surface area contributed by atoms with Crippen LogP contribution in [0.4, 0.5) is 0 Å². The number of rotatable bonds is 6. The van der Waals surface area contributed by atoms with Gasteiger partial charge < -0.3 is 9.64 Å². The Bertz CT molecular complexity index is 682. The number of ether oxygens (including phenoxy) is 1. The van der Waals surface area contributed by atoms with Crippen LogP contribution < -0.4 is 4.74 Å². The summed E-state index contributed by atoms with van der Waals surface area (Å²) in [5, 5.41) is 0. The molecule has 25 heavy (non-hydrogen) atoms. The monoisotopic (exact) mass is 339 g/mol. The fourth-order valence-corrected chi connectivity index (χ4v) is 3.01. The summed E-state index contributed by atoms with van der Waals surface area (Å²) in [6, 6.07) is 11.9. The molecule has 2 aromatic rings. The van der Waals surface area contributed by atoms with Gasteiger partial charge in [-0.25, -0.2) is 0 Å². The van der Waals surface area contributed by atoms with E-state index in [9.17, 15) is 4.79 Å². The Labute approximate surface area is 149 Å². The van der Waals surface area contributed by atoms with Gasteiger partial charge >= 0.3 is 0 Å². The third-order valence-corrected chi connectivity index (χ3v) is 4.64. The van der Waals surface area contributed by atoms with Crippen molar-refractivity contribution in [1.82, 2.24) is 14.8 Å². The lowest BCUT2D eigenvalue weighted by Gasteiger charge is -2.34. The summed E-state index contributed by atoms with van der Waals surface area (Å²) < 4.78 is 5.67. The molecule has 5 nitrogen and oxygen atoms in total. The van der Waals surface area contributed by atoms with Crippen LogP contribution in [0.2, 0.25) is 0 Å². The second-order valence-corrected chi connectivity index (χ2v) is 6.38. The van der Waals surface area contributed by atoms with Gasteiger partial charge in [0, 0.05) is 45.1 Å². The third-order valence-electron chi connectivity index (χ3n) is 4.64. The summed E-state index contributed by atoms with van der Waals surface area (Å²) in [5.41, 5.74) is 2.36. The molecule has 0 unspecified atom stereocenters. The average molecular weight is 339 g/mol. The maximum atomic E-state index is 12.3. The van der Waals surface area contributed by atoms with E-state index in [2.05, 4.69) is 22.0 Å². The van der Waals surface area contributed by atoms with Crippen molar-refractivity contribution in [2.45, 2.75) is 13.3 Å². The number of carbonyl (C=O) groups is 1. The Morgan fingerprint density at radius 3 is 2.52 bits per heavy atom. The highest BCUT2D eigenvalue weighted by Crippen LogP contribution is 2.16. The van der Waals surface area contributed by atoms with Gasteiger partial charge in [-0.2, -0.15) is 0 Å². The molecule has 0 aliphatic carbocycles. The Hall–Kier alpha value is -2.40. The van der Waals surface area contributed by atoms with E-state index in [4.69, 9.17) is 4.74 Å². The zero-order chi connectivity index (χ0) is 17.5. The number of amides is 1. The molecule has 1 amide bonds. The molecule has 1 aliphatic rings. The van der Waals surface area contributed by atoms with Crippen LogP contribution in [0, 0.1) is 6.92 Å². The van der Waals surface area contributed by atoms with Crippen molar-refractivity contribution in [1.29, 1.82) is 0 Å². The van der Waals surface area contributed by atoms with Crippen molar-refractivity contribution in [3.8, 4) is 5.75 Å². The summed E-state index contributed by atoms with van der Waals surface area (Å²) in [5.74, 6) is 0.851. The minimum absolute atomic E-state index is 0.0667. The number of aryl methyl sites for hydroxylation is 1. The maximum Gasteiger partial charge on any atom is 0.260 e. The smallest absolute Gasteiger partial charge is 0.260 e. The van der Waals surface area contributed by atoms with E-state index in [1.54, 1.807) is 0 Å². The molecule has 1 fully saturated rings. The molecule has 0 N–H and O–H groups in total. The molecule has 132 valence electrons. The first-order chi connectivity index (χ1) is 12.2. The van der Waals surface area contributed by atoms with E-state index in [-0.39, 0.29) is 12.5 Å². The molecule has 3 rings (SSSR count). The first kappa shape index (κ1) is 17.4. The number of nitrogens with zero attached hydrogens (tertiary/aromatic N) is 3. The summed E-state index contributed by atoms with van der Waals surface area (Å²) in [7, 11) is 0. The highest BCUT2D eigenvalue weighted by atomic mass is 16.5. The topological polar surface area (TPSA) is 45.7 Å². The number of hydrogen-bond acceptors (Lipinski definition) is 4. The van der Waals surface area contributed by atoms with Crippen LogP contribution in [-0.2, 0) is 11.2 Å². The van der Waals surface area contributed by atoms with Crippen molar-refractivity contribution in [2.75, 3.05) is 39.3 Å². The van der Waals surface area contributed by atoms with Crippen molar-refractivity contribution in [2.24, 2.45) is 0 Å². The van der Waals surface area contributed by atoms with Crippen molar-refractivity contribution in [3.63, 3.8) is 0 Å². The van der Waals surface area contributed by atoms with Gasteiger partial charge in [0.2, 0.25) is 0 Å². The molecule has 0 radical (unpaired) electrons. The number of hydrogen-bond donors (Lipinski definition) is 0. The lowest BCUT2D eigenvalue weighted by molar-refractivity contribution is -0.135. The van der Waals surface area contributed by atoms with E-state index in [1.807, 2.05) is 48.5 Å². The predicted molar refractivity (Wildman–Crippen MR) is 97.6 cm³/mol. The molecule has 1 aromatic heterocycles. The second kappa shape index (κ2) is 8.62. The molecular formula is C20H25N3O2. The number of piperazine rings is 1. The zero-order valence-corrected chi connectivity index (χ0v) is 14.7. The van der Waals surface area contributed by atoms with Crippen LogP contribution >= 0.6 is 0 Å². The molecule has 0 saturated carbocycles. The maximum absolute atomic E-state index is 12.3. The van der Waals surface area contributed by atoms with Gasteiger partial charge in [0.25, 0.3) is 5.91 Å². The van der Waals surface area contributed by atoms with Crippen molar-refractivity contribution in [3.05, 3.63) is 59.9 Å². The largest absolute Gasteiger partial charge is 0.484 e. The SMILES string of the molecule is Cc1ccccc1OCC(=O)N1CCN(CCc2ccncc2)CC1. The van der Waals surface area contributed by atoms with Gasteiger partial charge in [0.15, 0.2) is 6.61 Å². The van der Waals surface area contributed by atoms with Gasteiger partial charge in [-0.15, -0.1) is 0 Å². The zero-order valence-electron chi connectivity index (χ0n) is 14.7. The highest BCUT2D eigenvalue weighted by Gasteiger charge is 2.21. The number of benzene rings is 1. The lowest BCUT2D eigenvalue weighted by atomic mass is 10.2. The molecule has 1 saturated heterocycles. The van der Waals surface area contributed by atoms with Gasteiger partial charge in [0.1, 0.15) is 5.75 Å². The highest BCUT2D eigenvalue weighted by molar-refractivity contribution is 5.78. The molecule has 5 heteroatoms. The number of aromatic nitrogens is 1. The molecule has 2 heterocycles. The Morgan fingerprint density at radius 1 is 1.08 bits per heavy atom. The quantitative estimate of drug-likeness (QED) is 0.809. The van der Waals surface area contributed by atoms with E-state index in [0.717, 1.165) is 50.5 Å². The summed E-state index contributed by atoms with van der Waals surface area (Å²) in [6.45, 7) is 6.50. The summed E-state index contributed by atoms with van der Waals surface area (Å²) in [6.07, 6.45) is 4.69. The summed E-state index contributed by atoms with van der Waals surface area (Å²) in [4.78, 5) is 20.7. The first-order valence-corrected chi connectivity index (χ1v) is 8.80. The molecule has 0 spiro atoms. The third kappa shape index (κ3) is 5.03. The van der Waals surface area contributed by atoms with Crippen molar-refractivity contribution >= 4 is 5.91 Å². The number of carbonyl (C=O) groups excluding carboxylic acids is 1. The predicted octanol–water partition coefficient (Wildman–Crippen LogP) is 2.16. The van der Waals surface area contributed by atoms with Gasteiger partial charge in [-0.05, 0) is 42.7 Å². The van der Waals surface area contributed by atoms with Gasteiger partial charge in [0.05, 0.1) is 0 Å². The summed E-state index contributed by atoms with van der Waals surface area (Å²) >= 11 is 0. The first-order valence-electron chi connectivity index (χ1n) is 8.80. The Morgan fingerprint density at radius 2 is 1.80 bits per heavy atom. The average Bonchev–Trinajstić information content (AvgIpc) is 2.67.